The van der Waals surface area contributed by atoms with Crippen molar-refractivity contribution in [2.75, 3.05) is 12.5 Å². The summed E-state index contributed by atoms with van der Waals surface area (Å²) in [6, 6.07) is 0. The molecule has 6 unspecified atom stereocenters. The maximum absolute atomic E-state index is 12.7. The smallest absolute Gasteiger partial charge is 0.331 e. The summed E-state index contributed by atoms with van der Waals surface area (Å²) >= 11 is 5.58. The van der Waals surface area contributed by atoms with Crippen LogP contribution in [0.2, 0.25) is 0 Å². The van der Waals surface area contributed by atoms with Gasteiger partial charge in [0.05, 0.1) is 16.6 Å². The Labute approximate surface area is 198 Å². The normalized spacial score (nSPS) is 48.7. The second kappa shape index (κ2) is 7.79. The van der Waals surface area contributed by atoms with Gasteiger partial charge in [-0.15, -0.1) is 11.6 Å². The van der Waals surface area contributed by atoms with Crippen LogP contribution in [0.3, 0.4) is 0 Å². The van der Waals surface area contributed by atoms with Crippen molar-refractivity contribution >= 4 is 29.8 Å². The fourth-order valence-corrected chi connectivity index (χ4v) is 8.70. The van der Waals surface area contributed by atoms with E-state index in [-0.39, 0.29) is 36.0 Å². The third kappa shape index (κ3) is 3.11. The molecule has 0 aromatic rings. The molecule has 1 heterocycles. The molecule has 5 aliphatic rings. The lowest BCUT2D eigenvalue weighted by Crippen LogP contribution is -2.69. The van der Waals surface area contributed by atoms with Gasteiger partial charge in [0.15, 0.2) is 0 Å². The van der Waals surface area contributed by atoms with E-state index in [1.165, 1.54) is 0 Å². The van der Waals surface area contributed by atoms with Gasteiger partial charge in [-0.1, -0.05) is 6.92 Å². The highest BCUT2D eigenvalue weighted by molar-refractivity contribution is 6.26. The van der Waals surface area contributed by atoms with Crippen LogP contribution in [0.4, 0.5) is 0 Å². The minimum Gasteiger partial charge on any atom is -0.461 e. The molecule has 4 fully saturated rings. The molecule has 0 saturated heterocycles. The van der Waals surface area contributed by atoms with Crippen molar-refractivity contribution in [2.45, 2.75) is 82.0 Å². The summed E-state index contributed by atoms with van der Waals surface area (Å²) in [6.07, 6.45) is 7.07. The van der Waals surface area contributed by atoms with Crippen LogP contribution >= 0.6 is 11.6 Å². The molecule has 5 rings (SSSR count). The predicted molar refractivity (Wildman–Crippen MR) is 118 cm³/mol. The number of hydrogen-bond donors (Lipinski definition) is 2. The molecule has 7 nitrogen and oxygen atoms in total. The number of esters is 2. The molecule has 182 valence electrons. The summed E-state index contributed by atoms with van der Waals surface area (Å²) in [5, 5.41) is 24.0. The molecule has 2 N–H and O–H groups in total. The Balaban J connectivity index is 1.44. The Morgan fingerprint density at radius 1 is 1.18 bits per heavy atom. The molecule has 8 heteroatoms. The van der Waals surface area contributed by atoms with Crippen LogP contribution < -0.4 is 0 Å². The highest BCUT2D eigenvalue weighted by atomic mass is 35.5. The Morgan fingerprint density at radius 2 is 1.94 bits per heavy atom. The lowest BCUT2D eigenvalue weighted by molar-refractivity contribution is -0.249. The van der Waals surface area contributed by atoms with Gasteiger partial charge in [-0.2, -0.15) is 0 Å². The maximum Gasteiger partial charge on any atom is 0.331 e. The van der Waals surface area contributed by atoms with Crippen molar-refractivity contribution < 1.29 is 34.1 Å². The van der Waals surface area contributed by atoms with E-state index in [0.717, 1.165) is 31.1 Å². The van der Waals surface area contributed by atoms with Crippen LogP contribution in [0.1, 0.15) is 64.7 Å². The fraction of sp³-hybridized carbons (Fsp3) is 0.800. The van der Waals surface area contributed by atoms with E-state index in [2.05, 4.69) is 6.92 Å². The first kappa shape index (κ1) is 23.3. The Kier molecular flexibility index (Phi) is 5.50. The van der Waals surface area contributed by atoms with E-state index >= 15 is 0 Å². The zero-order valence-corrected chi connectivity index (χ0v) is 19.8. The molecule has 4 saturated carbocycles. The zero-order chi connectivity index (χ0) is 23.6. The fourth-order valence-electron chi connectivity index (χ4n) is 8.64. The summed E-state index contributed by atoms with van der Waals surface area (Å²) < 4.78 is 10.6. The third-order valence-electron chi connectivity index (χ3n) is 10.2. The SMILES string of the molecule is C[C@]12CCC3C(CCC4(O)CC(OC(=O)CCl)CC[C@]34C=O)C1(O)CCC2C1=CC(=O)OC1. The zero-order valence-electron chi connectivity index (χ0n) is 19.1. The number of cyclic esters (lactones) is 1. The number of aliphatic hydroxyl groups is 2. The summed E-state index contributed by atoms with van der Waals surface area (Å²) in [5.41, 5.74) is -2.62. The number of carbonyl (C=O) groups excluding carboxylic acids is 3. The molecule has 0 amide bonds. The maximum atomic E-state index is 12.7. The number of halogens is 1. The molecule has 0 spiro atoms. The van der Waals surface area contributed by atoms with Crippen LogP contribution in [0.5, 0.6) is 0 Å². The van der Waals surface area contributed by atoms with Crippen LogP contribution in [-0.4, -0.2) is 58.2 Å². The standard InChI is InChI=1S/C25H33ClO7/c1-22-6-3-18-19(25(22,31)9-5-17(22)15-10-20(28)32-13-15)4-8-24(30)11-16(33-21(29)12-26)2-7-23(18,24)14-27/h10,14,16-19,30-31H,2-9,11-13H2,1H3/t16?,17?,18?,19?,22-,23+,24?,25?/m1/s1. The van der Waals surface area contributed by atoms with Crippen molar-refractivity contribution in [1.82, 2.24) is 0 Å². The second-order valence-corrected chi connectivity index (χ2v) is 11.5. The predicted octanol–water partition coefficient (Wildman–Crippen LogP) is 2.69. The average molecular weight is 481 g/mol. The Morgan fingerprint density at radius 3 is 2.61 bits per heavy atom. The highest BCUT2D eigenvalue weighted by Crippen LogP contribution is 2.70. The van der Waals surface area contributed by atoms with Gasteiger partial charge >= 0.3 is 11.9 Å². The minimum atomic E-state index is -1.26. The van der Waals surface area contributed by atoms with Crippen LogP contribution in [0, 0.1) is 28.6 Å². The highest BCUT2D eigenvalue weighted by Gasteiger charge is 2.71. The summed E-state index contributed by atoms with van der Waals surface area (Å²) in [4.78, 5) is 36.1. The van der Waals surface area contributed by atoms with Gasteiger partial charge in [-0.25, -0.2) is 4.79 Å². The minimum absolute atomic E-state index is 0.0774. The van der Waals surface area contributed by atoms with Crippen molar-refractivity contribution in [3.05, 3.63) is 11.6 Å². The lowest BCUT2D eigenvalue weighted by atomic mass is 9.41. The van der Waals surface area contributed by atoms with Gasteiger partial charge in [0, 0.05) is 17.9 Å². The average Bonchev–Trinajstić information content (AvgIpc) is 3.33. The first-order chi connectivity index (χ1) is 15.6. The van der Waals surface area contributed by atoms with Gasteiger partial charge in [0.2, 0.25) is 0 Å². The second-order valence-electron chi connectivity index (χ2n) is 11.2. The number of ether oxygens (including phenoxy) is 2. The monoisotopic (exact) mass is 480 g/mol. The number of rotatable bonds is 4. The van der Waals surface area contributed by atoms with Gasteiger partial charge in [0.25, 0.3) is 0 Å². The van der Waals surface area contributed by atoms with Crippen molar-refractivity contribution in [1.29, 1.82) is 0 Å². The van der Waals surface area contributed by atoms with Gasteiger partial charge in [-0.3, -0.25) is 4.79 Å². The van der Waals surface area contributed by atoms with Crippen LogP contribution in [-0.2, 0) is 23.9 Å². The van der Waals surface area contributed by atoms with Crippen molar-refractivity contribution in [3.63, 3.8) is 0 Å². The quantitative estimate of drug-likeness (QED) is 0.361. The topological polar surface area (TPSA) is 110 Å². The molecule has 0 bridgehead atoms. The first-order valence-electron chi connectivity index (χ1n) is 12.2. The number of hydrogen-bond acceptors (Lipinski definition) is 7. The Hall–Kier alpha value is -1.44. The molecule has 1 aliphatic heterocycles. The molecule has 0 aromatic carbocycles. The van der Waals surface area contributed by atoms with E-state index in [9.17, 15) is 24.6 Å². The van der Waals surface area contributed by atoms with Crippen LogP contribution in [0.25, 0.3) is 0 Å². The van der Waals surface area contributed by atoms with Gasteiger partial charge in [0.1, 0.15) is 24.9 Å². The van der Waals surface area contributed by atoms with Crippen molar-refractivity contribution in [3.8, 4) is 0 Å². The van der Waals surface area contributed by atoms with E-state index in [0.29, 0.717) is 38.7 Å². The number of carbonyl (C=O) groups is 3. The van der Waals surface area contributed by atoms with Crippen LogP contribution in [0.15, 0.2) is 11.6 Å². The lowest BCUT2D eigenvalue weighted by Gasteiger charge is -2.65. The molecule has 0 aromatic heterocycles. The van der Waals surface area contributed by atoms with Gasteiger partial charge < -0.3 is 24.5 Å². The van der Waals surface area contributed by atoms with E-state index in [1.54, 1.807) is 6.08 Å². The molecule has 8 atom stereocenters. The number of aldehydes is 1. The molecular formula is C25H33ClO7. The summed E-state index contributed by atoms with van der Waals surface area (Å²) in [6.45, 7) is 2.42. The number of alkyl halides is 1. The largest absolute Gasteiger partial charge is 0.461 e. The molecule has 0 radical (unpaired) electrons. The summed E-state index contributed by atoms with van der Waals surface area (Å²) in [7, 11) is 0. The third-order valence-corrected chi connectivity index (χ3v) is 10.5. The van der Waals surface area contributed by atoms with E-state index < -0.39 is 34.1 Å². The van der Waals surface area contributed by atoms with E-state index in [1.807, 2.05) is 0 Å². The molecule has 4 aliphatic carbocycles. The van der Waals surface area contributed by atoms with Crippen molar-refractivity contribution in [2.24, 2.45) is 28.6 Å². The Bertz CT molecular complexity index is 903. The van der Waals surface area contributed by atoms with E-state index in [4.69, 9.17) is 21.1 Å². The van der Waals surface area contributed by atoms with Gasteiger partial charge in [-0.05, 0) is 74.7 Å². The molecular weight excluding hydrogens is 448 g/mol. The number of fused-ring (bicyclic) bond motifs is 5. The molecule has 33 heavy (non-hydrogen) atoms. The first-order valence-corrected chi connectivity index (χ1v) is 12.7. The summed E-state index contributed by atoms with van der Waals surface area (Å²) in [5.74, 6) is -1.22.